The fourth-order valence-corrected chi connectivity index (χ4v) is 4.46. The maximum absolute atomic E-state index is 13.5. The molecule has 5 rings (SSSR count). The molecule has 0 fully saturated rings. The van der Waals surface area contributed by atoms with Crippen LogP contribution in [0.3, 0.4) is 0 Å². The van der Waals surface area contributed by atoms with Crippen LogP contribution < -0.4 is 15.5 Å². The van der Waals surface area contributed by atoms with Crippen LogP contribution >= 0.6 is 0 Å². The third-order valence-corrected chi connectivity index (χ3v) is 6.69. The van der Waals surface area contributed by atoms with Gasteiger partial charge >= 0.3 is 12.2 Å². The average molecular weight is 517 g/mol. The Labute approximate surface area is 219 Å². The Hall–Kier alpha value is -4.33. The van der Waals surface area contributed by atoms with E-state index in [0.29, 0.717) is 48.0 Å². The second-order valence-electron chi connectivity index (χ2n) is 9.39. The average Bonchev–Trinajstić information content (AvgIpc) is 3.12. The second kappa shape index (κ2) is 10.2. The molecule has 1 aromatic heterocycles. The molecule has 0 spiro atoms. The number of nitrogens with zero attached hydrogens (tertiary/aromatic N) is 2. The monoisotopic (exact) mass is 516 g/mol. The van der Waals surface area contributed by atoms with E-state index in [0.717, 1.165) is 23.3 Å². The van der Waals surface area contributed by atoms with Gasteiger partial charge in [-0.3, -0.25) is 4.90 Å². The predicted octanol–water partition coefficient (Wildman–Crippen LogP) is 7.91. The molecule has 0 aliphatic carbocycles. The van der Waals surface area contributed by atoms with Crippen LogP contribution in [-0.4, -0.2) is 24.1 Å². The number of pyridine rings is 1. The fraction of sp³-hybridized carbons (Fsp3) is 0.200. The fourth-order valence-electron chi connectivity index (χ4n) is 4.46. The van der Waals surface area contributed by atoms with Gasteiger partial charge in [0.25, 0.3) is 0 Å². The van der Waals surface area contributed by atoms with Crippen molar-refractivity contribution in [3.8, 4) is 22.4 Å². The molecule has 8 heteroatoms. The third kappa shape index (κ3) is 5.34. The number of nitrogens with one attached hydrogen (secondary N) is 2. The summed E-state index contributed by atoms with van der Waals surface area (Å²) in [5.41, 5.74) is 5.66. The van der Waals surface area contributed by atoms with Gasteiger partial charge in [0.15, 0.2) is 5.82 Å². The maximum atomic E-state index is 13.5. The van der Waals surface area contributed by atoms with Gasteiger partial charge < -0.3 is 10.6 Å². The van der Waals surface area contributed by atoms with Crippen molar-refractivity contribution >= 4 is 23.2 Å². The molecule has 0 saturated heterocycles. The van der Waals surface area contributed by atoms with Crippen LogP contribution in [0.15, 0.2) is 78.9 Å². The Morgan fingerprint density at radius 2 is 1.66 bits per heavy atom. The molecular weight excluding hydrogens is 489 g/mol. The molecule has 0 saturated carbocycles. The van der Waals surface area contributed by atoms with Crippen LogP contribution in [0.2, 0.25) is 0 Å². The minimum Gasteiger partial charge on any atom is -0.382 e. The summed E-state index contributed by atoms with van der Waals surface area (Å²) in [6.07, 6.45) is -3.77. The van der Waals surface area contributed by atoms with Gasteiger partial charge in [0, 0.05) is 24.3 Å². The summed E-state index contributed by atoms with van der Waals surface area (Å²) in [5, 5.41) is 6.24. The summed E-state index contributed by atoms with van der Waals surface area (Å²) in [7, 11) is 0. The molecule has 194 valence electrons. The molecule has 5 nitrogen and oxygen atoms in total. The normalized spacial score (nSPS) is 13.3. The highest BCUT2D eigenvalue weighted by Crippen LogP contribution is 2.34. The van der Waals surface area contributed by atoms with Gasteiger partial charge in [-0.05, 0) is 78.9 Å². The number of aromatic nitrogens is 1. The zero-order valence-electron chi connectivity index (χ0n) is 21.1. The standard InChI is InChI=1S/C30H27F3N4O/c1-19-10-11-22(16-20(19)2)21-6-4-9-25(18-21)35-29(38)37-15-5-14-34-27-13-12-26(36-28(27)37)23-7-3-8-24(17-23)30(31,32)33/h3-4,6-13,16-18,34H,5,14-15H2,1-2H3,(H,35,38). The molecule has 0 bridgehead atoms. The summed E-state index contributed by atoms with van der Waals surface area (Å²) in [6, 6.07) is 22.0. The molecule has 2 heterocycles. The van der Waals surface area contributed by atoms with Crippen LogP contribution in [-0.2, 0) is 6.18 Å². The lowest BCUT2D eigenvalue weighted by atomic mass is 10.0. The first-order chi connectivity index (χ1) is 18.2. The van der Waals surface area contributed by atoms with E-state index in [-0.39, 0.29) is 6.03 Å². The summed E-state index contributed by atoms with van der Waals surface area (Å²) >= 11 is 0. The van der Waals surface area contributed by atoms with Crippen molar-refractivity contribution in [1.29, 1.82) is 0 Å². The maximum Gasteiger partial charge on any atom is 0.416 e. The molecule has 4 aromatic rings. The molecule has 0 radical (unpaired) electrons. The largest absolute Gasteiger partial charge is 0.416 e. The van der Waals surface area contributed by atoms with E-state index in [1.165, 1.54) is 22.1 Å². The van der Waals surface area contributed by atoms with E-state index < -0.39 is 11.7 Å². The van der Waals surface area contributed by atoms with E-state index >= 15 is 0 Å². The van der Waals surface area contributed by atoms with Crippen molar-refractivity contribution in [1.82, 2.24) is 4.98 Å². The van der Waals surface area contributed by atoms with Crippen LogP contribution in [0.25, 0.3) is 22.4 Å². The molecule has 3 aromatic carbocycles. The summed E-state index contributed by atoms with van der Waals surface area (Å²) in [6.45, 7) is 5.18. The van der Waals surface area contributed by atoms with Gasteiger partial charge in [0.2, 0.25) is 0 Å². The van der Waals surface area contributed by atoms with E-state index in [9.17, 15) is 18.0 Å². The summed E-state index contributed by atoms with van der Waals surface area (Å²) < 4.78 is 39.8. The topological polar surface area (TPSA) is 57.3 Å². The van der Waals surface area contributed by atoms with Crippen LogP contribution in [0.4, 0.5) is 35.2 Å². The number of carbonyl (C=O) groups is 1. The Bertz CT molecular complexity index is 1500. The minimum absolute atomic E-state index is 0.327. The van der Waals surface area contributed by atoms with Crippen molar-refractivity contribution in [2.45, 2.75) is 26.4 Å². The number of benzene rings is 3. The van der Waals surface area contributed by atoms with Crippen molar-refractivity contribution < 1.29 is 18.0 Å². The van der Waals surface area contributed by atoms with Crippen molar-refractivity contribution in [2.24, 2.45) is 0 Å². The summed E-state index contributed by atoms with van der Waals surface area (Å²) in [5.74, 6) is 0.375. The number of amides is 2. The van der Waals surface area contributed by atoms with Gasteiger partial charge in [-0.1, -0.05) is 42.5 Å². The van der Waals surface area contributed by atoms with Crippen LogP contribution in [0.5, 0.6) is 0 Å². The summed E-state index contributed by atoms with van der Waals surface area (Å²) in [4.78, 5) is 19.6. The van der Waals surface area contributed by atoms with Crippen LogP contribution in [0.1, 0.15) is 23.1 Å². The van der Waals surface area contributed by atoms with E-state index in [1.807, 2.05) is 24.3 Å². The van der Waals surface area contributed by atoms with Crippen LogP contribution in [0, 0.1) is 13.8 Å². The lowest BCUT2D eigenvalue weighted by Crippen LogP contribution is -2.36. The lowest BCUT2D eigenvalue weighted by Gasteiger charge is -2.22. The number of hydrogen-bond acceptors (Lipinski definition) is 3. The predicted molar refractivity (Wildman–Crippen MR) is 145 cm³/mol. The van der Waals surface area contributed by atoms with Gasteiger partial charge in [-0.2, -0.15) is 13.2 Å². The lowest BCUT2D eigenvalue weighted by molar-refractivity contribution is -0.137. The second-order valence-corrected chi connectivity index (χ2v) is 9.39. The number of halogens is 3. The smallest absolute Gasteiger partial charge is 0.382 e. The zero-order chi connectivity index (χ0) is 26.9. The molecule has 0 atom stereocenters. The SMILES string of the molecule is Cc1ccc(-c2cccc(NC(=O)N3CCCNc4ccc(-c5cccc(C(F)(F)F)c5)nc43)c2)cc1C. The quantitative estimate of drug-likeness (QED) is 0.291. The van der Waals surface area contributed by atoms with E-state index in [1.54, 1.807) is 18.2 Å². The third-order valence-electron chi connectivity index (χ3n) is 6.69. The first kappa shape index (κ1) is 25.3. The molecule has 2 amide bonds. The Balaban J connectivity index is 1.44. The van der Waals surface area contributed by atoms with Crippen molar-refractivity contribution in [3.63, 3.8) is 0 Å². The molecule has 38 heavy (non-hydrogen) atoms. The van der Waals surface area contributed by atoms with Gasteiger partial charge in [-0.15, -0.1) is 0 Å². The molecule has 1 aliphatic heterocycles. The molecule has 2 N–H and O–H groups in total. The number of alkyl halides is 3. The number of hydrogen-bond donors (Lipinski definition) is 2. The number of urea groups is 1. The van der Waals surface area contributed by atoms with E-state index in [2.05, 4.69) is 47.7 Å². The van der Waals surface area contributed by atoms with Crippen molar-refractivity contribution in [3.05, 3.63) is 95.6 Å². The first-order valence-electron chi connectivity index (χ1n) is 12.4. The first-order valence-corrected chi connectivity index (χ1v) is 12.4. The zero-order valence-corrected chi connectivity index (χ0v) is 21.1. The Morgan fingerprint density at radius 3 is 2.45 bits per heavy atom. The highest BCUT2D eigenvalue weighted by atomic mass is 19.4. The van der Waals surface area contributed by atoms with Gasteiger partial charge in [-0.25, -0.2) is 9.78 Å². The highest BCUT2D eigenvalue weighted by molar-refractivity contribution is 6.03. The Kier molecular flexibility index (Phi) is 6.80. The van der Waals surface area contributed by atoms with E-state index in [4.69, 9.17) is 0 Å². The Morgan fingerprint density at radius 1 is 0.895 bits per heavy atom. The van der Waals surface area contributed by atoms with Crippen molar-refractivity contribution in [2.75, 3.05) is 28.6 Å². The number of rotatable bonds is 3. The molecule has 1 aliphatic rings. The number of fused-ring (bicyclic) bond motifs is 1. The number of anilines is 3. The molecular formula is C30H27F3N4O. The number of aryl methyl sites for hydroxylation is 2. The van der Waals surface area contributed by atoms with Gasteiger partial charge in [0.05, 0.1) is 16.9 Å². The minimum atomic E-state index is -4.46. The molecule has 0 unspecified atom stereocenters. The van der Waals surface area contributed by atoms with Gasteiger partial charge in [0.1, 0.15) is 0 Å². The highest BCUT2D eigenvalue weighted by Gasteiger charge is 2.31. The number of carbonyl (C=O) groups excluding carboxylic acids is 1.